The highest BCUT2D eigenvalue weighted by atomic mass is 19.1. The van der Waals surface area contributed by atoms with Gasteiger partial charge < -0.3 is 15.0 Å². The Bertz CT molecular complexity index is 1260. The maximum absolute atomic E-state index is 14.1. The number of pyridine rings is 1. The zero-order valence-corrected chi connectivity index (χ0v) is 19.9. The van der Waals surface area contributed by atoms with Crippen molar-refractivity contribution < 1.29 is 23.1 Å². The first-order chi connectivity index (χ1) is 17.4. The number of ether oxygens (including phenoxy) is 1. The molecule has 1 spiro atoms. The predicted octanol–water partition coefficient (Wildman–Crippen LogP) is 3.96. The van der Waals surface area contributed by atoms with Crippen LogP contribution in [0.15, 0.2) is 67.0 Å². The number of methoxy groups -OCH3 is 1. The molecule has 8 heteroatoms. The summed E-state index contributed by atoms with van der Waals surface area (Å²) < 4.78 is 34.2. The summed E-state index contributed by atoms with van der Waals surface area (Å²) >= 11 is 0. The Morgan fingerprint density at radius 3 is 2.36 bits per heavy atom. The minimum Gasteiger partial charge on any atom is -0.378 e. The van der Waals surface area contributed by atoms with Gasteiger partial charge >= 0.3 is 0 Å². The molecular weight excluding hydrogens is 464 g/mol. The van der Waals surface area contributed by atoms with E-state index in [9.17, 15) is 18.4 Å². The normalized spacial score (nSPS) is 20.2. The average molecular weight is 492 g/mol. The van der Waals surface area contributed by atoms with E-state index in [0.717, 1.165) is 23.3 Å². The fourth-order valence-electron chi connectivity index (χ4n) is 5.77. The van der Waals surface area contributed by atoms with E-state index in [2.05, 4.69) is 16.4 Å². The summed E-state index contributed by atoms with van der Waals surface area (Å²) in [5.74, 6) is -1.95. The van der Waals surface area contributed by atoms with E-state index in [1.54, 1.807) is 36.5 Å². The van der Waals surface area contributed by atoms with Crippen LogP contribution in [0.5, 0.6) is 0 Å². The number of amides is 2. The summed E-state index contributed by atoms with van der Waals surface area (Å²) in [6, 6.07) is 14.6. The smallest absolute Gasteiger partial charge is 0.251 e. The van der Waals surface area contributed by atoms with Gasteiger partial charge in [0.2, 0.25) is 5.91 Å². The third-order valence-corrected chi connectivity index (χ3v) is 7.56. The van der Waals surface area contributed by atoms with Crippen molar-refractivity contribution in [3.05, 3.63) is 101 Å². The largest absolute Gasteiger partial charge is 0.378 e. The number of carbonyl (C=O) groups excluding carboxylic acids is 2. The van der Waals surface area contributed by atoms with Gasteiger partial charge in [0.25, 0.3) is 5.91 Å². The summed E-state index contributed by atoms with van der Waals surface area (Å²) in [6.07, 6.45) is 3.72. The number of hydrogen-bond donors (Lipinski definition) is 1. The lowest BCUT2D eigenvalue weighted by Gasteiger charge is -2.44. The molecule has 1 saturated heterocycles. The van der Waals surface area contributed by atoms with Crippen molar-refractivity contribution in [2.75, 3.05) is 20.2 Å². The number of halogens is 2. The Hall–Kier alpha value is -3.65. The topological polar surface area (TPSA) is 71.5 Å². The fraction of sp³-hybridized carbons (Fsp3) is 0.321. The van der Waals surface area contributed by atoms with E-state index in [1.165, 1.54) is 6.07 Å². The molecule has 5 rings (SSSR count). The van der Waals surface area contributed by atoms with Crippen LogP contribution in [0.2, 0.25) is 0 Å². The highest BCUT2D eigenvalue weighted by Gasteiger charge is 2.54. The molecule has 1 N–H and O–H groups in total. The molecule has 1 aliphatic carbocycles. The van der Waals surface area contributed by atoms with Crippen molar-refractivity contribution in [2.45, 2.75) is 36.8 Å². The number of benzene rings is 2. The lowest BCUT2D eigenvalue weighted by atomic mass is 9.71. The van der Waals surface area contributed by atoms with E-state index < -0.39 is 17.0 Å². The van der Waals surface area contributed by atoms with E-state index >= 15 is 0 Å². The Kier molecular flexibility index (Phi) is 6.53. The summed E-state index contributed by atoms with van der Waals surface area (Å²) in [5, 5.41) is 3.15. The van der Waals surface area contributed by atoms with Gasteiger partial charge in [-0.05, 0) is 48.2 Å². The second-order valence-corrected chi connectivity index (χ2v) is 9.34. The average Bonchev–Trinajstić information content (AvgIpc) is 3.15. The monoisotopic (exact) mass is 491 g/mol. The number of likely N-dealkylation sites (tertiary alicyclic amines) is 1. The van der Waals surface area contributed by atoms with E-state index in [4.69, 9.17) is 4.74 Å². The summed E-state index contributed by atoms with van der Waals surface area (Å²) in [5.41, 5.74) is 2.01. The standard InChI is InChI=1S/C28H27F2N3O3/c1-36-26-25(32-27(35)18-9-13-31-14-10-18)19-5-2-3-6-21(19)28(26)11-15-33(16-12-28)24(34)17-20-22(29)7-4-8-23(20)30/h2-10,13-14,25-26H,11-12,15-17H2,1H3,(H,32,35)/t25-,26+/m0/s1. The fourth-order valence-corrected chi connectivity index (χ4v) is 5.77. The number of rotatable bonds is 5. The molecule has 1 aliphatic heterocycles. The first kappa shape index (κ1) is 24.1. The van der Waals surface area contributed by atoms with Crippen molar-refractivity contribution in [2.24, 2.45) is 0 Å². The molecule has 0 radical (unpaired) electrons. The van der Waals surface area contributed by atoms with Gasteiger partial charge in [-0.15, -0.1) is 0 Å². The number of piperidine rings is 1. The van der Waals surface area contributed by atoms with Gasteiger partial charge in [-0.1, -0.05) is 30.3 Å². The minimum absolute atomic E-state index is 0.206. The van der Waals surface area contributed by atoms with Gasteiger partial charge in [-0.3, -0.25) is 14.6 Å². The van der Waals surface area contributed by atoms with Gasteiger partial charge in [0.1, 0.15) is 11.6 Å². The van der Waals surface area contributed by atoms with Gasteiger partial charge in [0, 0.05) is 49.1 Å². The summed E-state index contributed by atoms with van der Waals surface area (Å²) in [4.78, 5) is 31.6. The van der Waals surface area contributed by atoms with Crippen molar-refractivity contribution in [1.82, 2.24) is 15.2 Å². The van der Waals surface area contributed by atoms with Gasteiger partial charge in [-0.25, -0.2) is 8.78 Å². The zero-order valence-electron chi connectivity index (χ0n) is 19.9. The Labute approximate surface area is 208 Å². The first-order valence-corrected chi connectivity index (χ1v) is 12.0. The lowest BCUT2D eigenvalue weighted by Crippen LogP contribution is -2.52. The van der Waals surface area contributed by atoms with Crippen LogP contribution in [0.1, 0.15) is 45.9 Å². The van der Waals surface area contributed by atoms with Crippen LogP contribution in [0.4, 0.5) is 8.78 Å². The van der Waals surface area contributed by atoms with Crippen molar-refractivity contribution in [3.63, 3.8) is 0 Å². The van der Waals surface area contributed by atoms with E-state index in [0.29, 0.717) is 31.5 Å². The number of aromatic nitrogens is 1. The highest BCUT2D eigenvalue weighted by Crippen LogP contribution is 2.52. The van der Waals surface area contributed by atoms with E-state index in [-0.39, 0.29) is 35.9 Å². The van der Waals surface area contributed by atoms with Crippen molar-refractivity contribution in [3.8, 4) is 0 Å². The number of hydrogen-bond acceptors (Lipinski definition) is 4. The molecule has 1 fully saturated rings. The van der Waals surface area contributed by atoms with E-state index in [1.807, 2.05) is 18.2 Å². The SMILES string of the molecule is CO[C@@H]1[C@@H](NC(=O)c2ccncc2)c2ccccc2C12CCN(C(=O)Cc1c(F)cccc1F)CC2. The lowest BCUT2D eigenvalue weighted by molar-refractivity contribution is -0.133. The minimum atomic E-state index is -0.714. The third-order valence-electron chi connectivity index (χ3n) is 7.56. The second-order valence-electron chi connectivity index (χ2n) is 9.34. The molecule has 2 amide bonds. The first-order valence-electron chi connectivity index (χ1n) is 12.0. The number of nitrogens with zero attached hydrogens (tertiary/aromatic N) is 2. The molecule has 2 heterocycles. The zero-order chi connectivity index (χ0) is 25.3. The molecule has 36 heavy (non-hydrogen) atoms. The molecule has 0 saturated carbocycles. The van der Waals surface area contributed by atoms with Crippen LogP contribution < -0.4 is 5.32 Å². The summed E-state index contributed by atoms with van der Waals surface area (Å²) in [6.45, 7) is 0.849. The van der Waals surface area contributed by atoms with Crippen LogP contribution in [0.25, 0.3) is 0 Å². The molecule has 186 valence electrons. The van der Waals surface area contributed by atoms with Gasteiger partial charge in [0.05, 0.1) is 18.6 Å². The van der Waals surface area contributed by atoms with Gasteiger partial charge in [0.15, 0.2) is 0 Å². The number of carbonyl (C=O) groups is 2. The molecule has 1 aromatic heterocycles. The quantitative estimate of drug-likeness (QED) is 0.587. The molecule has 2 aliphatic rings. The highest BCUT2D eigenvalue weighted by molar-refractivity contribution is 5.94. The molecule has 0 bridgehead atoms. The number of nitrogens with one attached hydrogen (secondary N) is 1. The van der Waals surface area contributed by atoms with Crippen LogP contribution in [-0.4, -0.2) is 48.0 Å². The Morgan fingerprint density at radius 2 is 1.69 bits per heavy atom. The third kappa shape index (κ3) is 4.15. The van der Waals surface area contributed by atoms with Crippen LogP contribution >= 0.6 is 0 Å². The molecular formula is C28H27F2N3O3. The van der Waals surface area contributed by atoms with Gasteiger partial charge in [-0.2, -0.15) is 0 Å². The molecule has 3 aromatic rings. The molecule has 0 unspecified atom stereocenters. The predicted molar refractivity (Wildman–Crippen MR) is 129 cm³/mol. The number of fused-ring (bicyclic) bond motifs is 2. The maximum Gasteiger partial charge on any atom is 0.251 e. The Morgan fingerprint density at radius 1 is 1.03 bits per heavy atom. The Balaban J connectivity index is 1.36. The molecule has 2 atom stereocenters. The van der Waals surface area contributed by atoms with Crippen molar-refractivity contribution in [1.29, 1.82) is 0 Å². The maximum atomic E-state index is 14.1. The van der Waals surface area contributed by atoms with Crippen molar-refractivity contribution >= 4 is 11.8 Å². The molecule has 6 nitrogen and oxygen atoms in total. The van der Waals surface area contributed by atoms with Crippen LogP contribution in [0.3, 0.4) is 0 Å². The summed E-state index contributed by atoms with van der Waals surface area (Å²) in [7, 11) is 1.64. The van der Waals surface area contributed by atoms with Crippen LogP contribution in [-0.2, 0) is 21.4 Å². The second kappa shape index (κ2) is 9.78. The van der Waals surface area contributed by atoms with Crippen LogP contribution in [0, 0.1) is 11.6 Å². The molecule has 2 aromatic carbocycles.